The molecule has 0 spiro atoms. The van der Waals surface area contributed by atoms with E-state index >= 15 is 0 Å². The molecular weight excluding hydrogens is 374 g/mol. The maximum Gasteiger partial charge on any atom is 0.250 e. The Morgan fingerprint density at radius 1 is 1.07 bits per heavy atom. The van der Waals surface area contributed by atoms with Gasteiger partial charge >= 0.3 is 0 Å². The smallest absolute Gasteiger partial charge is 0.250 e. The number of anilines is 2. The molecule has 7 heteroatoms. The number of rotatable bonds is 7. The summed E-state index contributed by atoms with van der Waals surface area (Å²) in [7, 11) is 1.60. The molecule has 0 aromatic heterocycles. The molecule has 3 N–H and O–H groups in total. The van der Waals surface area contributed by atoms with Crippen LogP contribution in [0.1, 0.15) is 25.3 Å². The van der Waals surface area contributed by atoms with Crippen LogP contribution in [0.4, 0.5) is 11.4 Å². The molecule has 2 rings (SSSR count). The van der Waals surface area contributed by atoms with Gasteiger partial charge in [-0.1, -0.05) is 25.1 Å². The van der Waals surface area contributed by atoms with Crippen molar-refractivity contribution in [3.8, 4) is 5.75 Å². The molecule has 2 aromatic carbocycles. The Hall–Kier alpha value is -3.19. The number of carbonyl (C=O) groups excluding carboxylic acids is 2. The molecule has 0 saturated carbocycles. The SMILES string of the molecule is CCCC(=O)Nc1cccc(NC(=S)NC(=O)/C=C/c2ccc(OC)cc2)c1. The van der Waals surface area contributed by atoms with E-state index in [1.165, 1.54) is 6.08 Å². The maximum atomic E-state index is 12.0. The molecule has 0 heterocycles. The maximum absolute atomic E-state index is 12.0. The molecule has 146 valence electrons. The Bertz CT molecular complexity index is 863. The van der Waals surface area contributed by atoms with Crippen LogP contribution < -0.4 is 20.7 Å². The first-order valence-electron chi connectivity index (χ1n) is 8.84. The van der Waals surface area contributed by atoms with Crippen molar-refractivity contribution in [1.82, 2.24) is 5.32 Å². The summed E-state index contributed by atoms with van der Waals surface area (Å²) in [5.41, 5.74) is 2.20. The summed E-state index contributed by atoms with van der Waals surface area (Å²) in [5.74, 6) is 0.361. The van der Waals surface area contributed by atoms with Gasteiger partial charge in [-0.3, -0.25) is 14.9 Å². The molecule has 0 atom stereocenters. The predicted octanol–water partition coefficient (Wildman–Crippen LogP) is 3.96. The molecular formula is C21H23N3O3S. The van der Waals surface area contributed by atoms with E-state index in [9.17, 15) is 9.59 Å². The number of amides is 2. The van der Waals surface area contributed by atoms with Gasteiger partial charge < -0.3 is 15.4 Å². The van der Waals surface area contributed by atoms with Crippen LogP contribution in [0.2, 0.25) is 0 Å². The van der Waals surface area contributed by atoms with Gasteiger partial charge in [-0.15, -0.1) is 0 Å². The normalized spacial score (nSPS) is 10.4. The summed E-state index contributed by atoms with van der Waals surface area (Å²) < 4.78 is 5.09. The van der Waals surface area contributed by atoms with E-state index in [-0.39, 0.29) is 16.9 Å². The summed E-state index contributed by atoms with van der Waals surface area (Å²) in [5, 5.41) is 8.50. The fraction of sp³-hybridized carbons (Fsp3) is 0.190. The lowest BCUT2D eigenvalue weighted by atomic mass is 10.2. The molecule has 0 aliphatic carbocycles. The fourth-order valence-electron chi connectivity index (χ4n) is 2.33. The molecule has 0 saturated heterocycles. The molecule has 0 radical (unpaired) electrons. The fourth-order valence-corrected chi connectivity index (χ4v) is 2.55. The summed E-state index contributed by atoms with van der Waals surface area (Å²) in [6, 6.07) is 14.4. The molecule has 6 nitrogen and oxygen atoms in total. The Kier molecular flexibility index (Phi) is 8.17. The first kappa shape index (κ1) is 21.1. The number of hydrogen-bond acceptors (Lipinski definition) is 4. The minimum absolute atomic E-state index is 0.0424. The monoisotopic (exact) mass is 397 g/mol. The van der Waals surface area contributed by atoms with Gasteiger partial charge in [0, 0.05) is 23.9 Å². The summed E-state index contributed by atoms with van der Waals surface area (Å²) in [4.78, 5) is 23.7. The summed E-state index contributed by atoms with van der Waals surface area (Å²) >= 11 is 5.17. The van der Waals surface area contributed by atoms with Gasteiger partial charge in [0.2, 0.25) is 11.8 Å². The Morgan fingerprint density at radius 3 is 2.39 bits per heavy atom. The quantitative estimate of drug-likeness (QED) is 0.487. The standard InChI is InChI=1S/C21H23N3O3S/c1-3-5-19(25)22-16-6-4-7-17(14-16)23-21(28)24-20(26)13-10-15-8-11-18(27-2)12-9-15/h4,6-14H,3,5H2,1-2H3,(H,22,25)(H2,23,24,26,28)/b13-10+. The molecule has 0 aliphatic heterocycles. The van der Waals surface area contributed by atoms with E-state index in [0.29, 0.717) is 17.8 Å². The molecule has 28 heavy (non-hydrogen) atoms. The predicted molar refractivity (Wildman–Crippen MR) is 116 cm³/mol. The van der Waals surface area contributed by atoms with Crippen LogP contribution in [-0.4, -0.2) is 24.0 Å². The van der Waals surface area contributed by atoms with Crippen LogP contribution in [0, 0.1) is 0 Å². The second-order valence-corrected chi connectivity index (χ2v) is 6.34. The van der Waals surface area contributed by atoms with E-state index in [2.05, 4.69) is 16.0 Å². The number of nitrogens with one attached hydrogen (secondary N) is 3. The summed E-state index contributed by atoms with van der Waals surface area (Å²) in [6.45, 7) is 1.95. The van der Waals surface area contributed by atoms with Crippen molar-refractivity contribution >= 4 is 46.6 Å². The van der Waals surface area contributed by atoms with Crippen LogP contribution in [-0.2, 0) is 9.59 Å². The minimum Gasteiger partial charge on any atom is -0.497 e. The van der Waals surface area contributed by atoms with Crippen molar-refractivity contribution in [2.75, 3.05) is 17.7 Å². The number of thiocarbonyl (C=S) groups is 1. The van der Waals surface area contributed by atoms with Crippen LogP contribution in [0.25, 0.3) is 6.08 Å². The van der Waals surface area contributed by atoms with Gasteiger partial charge in [0.1, 0.15) is 5.75 Å². The van der Waals surface area contributed by atoms with Crippen molar-refractivity contribution < 1.29 is 14.3 Å². The number of methoxy groups -OCH3 is 1. The highest BCUT2D eigenvalue weighted by atomic mass is 32.1. The first-order valence-corrected chi connectivity index (χ1v) is 9.25. The lowest BCUT2D eigenvalue weighted by Gasteiger charge is -2.10. The highest BCUT2D eigenvalue weighted by Crippen LogP contribution is 2.15. The number of carbonyl (C=O) groups is 2. The van der Waals surface area contributed by atoms with E-state index in [1.807, 2.05) is 31.2 Å². The van der Waals surface area contributed by atoms with Crippen molar-refractivity contribution in [2.45, 2.75) is 19.8 Å². The third-order valence-corrected chi connectivity index (χ3v) is 3.87. The lowest BCUT2D eigenvalue weighted by molar-refractivity contribution is -0.116. The van der Waals surface area contributed by atoms with Gasteiger partial charge in [-0.05, 0) is 60.6 Å². The Labute approximate surface area is 170 Å². The zero-order chi connectivity index (χ0) is 20.4. The third kappa shape index (κ3) is 7.20. The van der Waals surface area contributed by atoms with Gasteiger partial charge in [-0.2, -0.15) is 0 Å². The first-order chi connectivity index (χ1) is 13.5. The number of ether oxygens (including phenoxy) is 1. The van der Waals surface area contributed by atoms with E-state index in [1.54, 1.807) is 37.5 Å². The average Bonchev–Trinajstić information content (AvgIpc) is 2.67. The zero-order valence-corrected chi connectivity index (χ0v) is 16.6. The van der Waals surface area contributed by atoms with E-state index < -0.39 is 0 Å². The second kappa shape index (κ2) is 10.8. The lowest BCUT2D eigenvalue weighted by Crippen LogP contribution is -2.32. The molecule has 0 bridgehead atoms. The van der Waals surface area contributed by atoms with Crippen LogP contribution in [0.15, 0.2) is 54.6 Å². The van der Waals surface area contributed by atoms with E-state index in [0.717, 1.165) is 17.7 Å². The van der Waals surface area contributed by atoms with Crippen LogP contribution in [0.3, 0.4) is 0 Å². The molecule has 2 aromatic rings. The Morgan fingerprint density at radius 2 is 1.75 bits per heavy atom. The molecule has 2 amide bonds. The second-order valence-electron chi connectivity index (χ2n) is 5.93. The van der Waals surface area contributed by atoms with E-state index in [4.69, 9.17) is 17.0 Å². The van der Waals surface area contributed by atoms with Crippen LogP contribution in [0.5, 0.6) is 5.75 Å². The Balaban J connectivity index is 1.87. The third-order valence-electron chi connectivity index (χ3n) is 3.66. The van der Waals surface area contributed by atoms with Gasteiger partial charge in [0.05, 0.1) is 7.11 Å². The van der Waals surface area contributed by atoms with Gasteiger partial charge in [-0.25, -0.2) is 0 Å². The van der Waals surface area contributed by atoms with Gasteiger partial charge in [0.25, 0.3) is 0 Å². The highest BCUT2D eigenvalue weighted by molar-refractivity contribution is 7.80. The molecule has 0 unspecified atom stereocenters. The molecule has 0 fully saturated rings. The molecule has 0 aliphatic rings. The van der Waals surface area contributed by atoms with Gasteiger partial charge in [0.15, 0.2) is 5.11 Å². The largest absolute Gasteiger partial charge is 0.497 e. The number of benzene rings is 2. The summed E-state index contributed by atoms with van der Waals surface area (Å²) in [6.07, 6.45) is 4.33. The van der Waals surface area contributed by atoms with Crippen molar-refractivity contribution in [1.29, 1.82) is 0 Å². The van der Waals surface area contributed by atoms with Crippen molar-refractivity contribution in [3.63, 3.8) is 0 Å². The average molecular weight is 398 g/mol. The zero-order valence-electron chi connectivity index (χ0n) is 15.8. The topological polar surface area (TPSA) is 79.5 Å². The van der Waals surface area contributed by atoms with Crippen molar-refractivity contribution in [2.24, 2.45) is 0 Å². The number of hydrogen-bond donors (Lipinski definition) is 3. The van der Waals surface area contributed by atoms with Crippen LogP contribution >= 0.6 is 12.2 Å². The van der Waals surface area contributed by atoms with Crippen molar-refractivity contribution in [3.05, 3.63) is 60.2 Å². The minimum atomic E-state index is -0.347. The highest BCUT2D eigenvalue weighted by Gasteiger charge is 2.04.